The fourth-order valence-electron chi connectivity index (χ4n) is 2.26. The summed E-state index contributed by atoms with van der Waals surface area (Å²) in [5.41, 5.74) is 1.19. The number of benzene rings is 1. The largest absolute Gasteiger partial charge is 0.490 e. The zero-order valence-corrected chi connectivity index (χ0v) is 10.7. The molecule has 1 saturated carbocycles. The van der Waals surface area contributed by atoms with Crippen molar-refractivity contribution >= 4 is 5.69 Å². The summed E-state index contributed by atoms with van der Waals surface area (Å²) in [6.07, 6.45) is 7.99. The second-order valence-corrected chi connectivity index (χ2v) is 4.83. The van der Waals surface area contributed by atoms with Crippen molar-refractivity contribution < 1.29 is 4.74 Å². The second-order valence-electron chi connectivity index (χ2n) is 4.83. The molecule has 2 rings (SSSR count). The highest BCUT2D eigenvalue weighted by atomic mass is 16.5. The molecule has 0 atom stereocenters. The average molecular weight is 233 g/mol. The number of nitrogens with one attached hydrogen (secondary N) is 1. The standard InChI is InChI=1S/C15H23NO/c1-2-3-12-16-13-8-10-15(11-9-13)17-14-6-4-5-7-14/h8-11,14,16H,2-7,12H2,1H3. The van der Waals surface area contributed by atoms with Crippen LogP contribution in [0, 0.1) is 0 Å². The van der Waals surface area contributed by atoms with E-state index in [-0.39, 0.29) is 0 Å². The third-order valence-corrected chi connectivity index (χ3v) is 3.32. The maximum Gasteiger partial charge on any atom is 0.119 e. The monoisotopic (exact) mass is 233 g/mol. The molecule has 0 heterocycles. The van der Waals surface area contributed by atoms with Gasteiger partial charge in [-0.05, 0) is 56.4 Å². The molecule has 0 saturated heterocycles. The van der Waals surface area contributed by atoms with E-state index >= 15 is 0 Å². The fraction of sp³-hybridized carbons (Fsp3) is 0.600. The maximum atomic E-state index is 5.93. The van der Waals surface area contributed by atoms with E-state index in [1.165, 1.54) is 44.2 Å². The number of ether oxygens (including phenoxy) is 1. The van der Waals surface area contributed by atoms with Gasteiger partial charge in [-0.25, -0.2) is 0 Å². The smallest absolute Gasteiger partial charge is 0.119 e. The van der Waals surface area contributed by atoms with Crippen molar-refractivity contribution in [3.05, 3.63) is 24.3 Å². The molecular formula is C15H23NO. The zero-order chi connectivity index (χ0) is 11.9. The van der Waals surface area contributed by atoms with Crippen LogP contribution in [0.4, 0.5) is 5.69 Å². The Morgan fingerprint density at radius 3 is 2.53 bits per heavy atom. The molecule has 0 aromatic heterocycles. The maximum absolute atomic E-state index is 5.93. The number of hydrogen-bond acceptors (Lipinski definition) is 2. The predicted octanol–water partition coefficient (Wildman–Crippen LogP) is 4.22. The Hall–Kier alpha value is -1.18. The van der Waals surface area contributed by atoms with Crippen molar-refractivity contribution in [2.75, 3.05) is 11.9 Å². The van der Waals surface area contributed by atoms with Gasteiger partial charge in [0.25, 0.3) is 0 Å². The van der Waals surface area contributed by atoms with Crippen LogP contribution in [0.5, 0.6) is 5.75 Å². The van der Waals surface area contributed by atoms with E-state index in [0.29, 0.717) is 6.10 Å². The number of anilines is 1. The van der Waals surface area contributed by atoms with E-state index in [1.54, 1.807) is 0 Å². The Morgan fingerprint density at radius 1 is 1.18 bits per heavy atom. The Kier molecular flexibility index (Phi) is 4.72. The van der Waals surface area contributed by atoms with Crippen molar-refractivity contribution in [2.24, 2.45) is 0 Å². The molecule has 0 unspecified atom stereocenters. The van der Waals surface area contributed by atoms with Crippen LogP contribution in [0.3, 0.4) is 0 Å². The Labute approximate surface area is 104 Å². The lowest BCUT2D eigenvalue weighted by molar-refractivity contribution is 0.210. The molecule has 94 valence electrons. The molecule has 17 heavy (non-hydrogen) atoms. The van der Waals surface area contributed by atoms with Gasteiger partial charge in [0.2, 0.25) is 0 Å². The zero-order valence-electron chi connectivity index (χ0n) is 10.7. The molecule has 0 amide bonds. The summed E-state index contributed by atoms with van der Waals surface area (Å²) in [5, 5.41) is 3.41. The predicted molar refractivity (Wildman–Crippen MR) is 72.7 cm³/mol. The van der Waals surface area contributed by atoms with Crippen LogP contribution >= 0.6 is 0 Å². The lowest BCUT2D eigenvalue weighted by Crippen LogP contribution is -2.10. The highest BCUT2D eigenvalue weighted by Gasteiger charge is 2.16. The lowest BCUT2D eigenvalue weighted by atomic mass is 10.2. The summed E-state index contributed by atoms with van der Waals surface area (Å²) in [5.74, 6) is 1.01. The molecule has 0 spiro atoms. The van der Waals surface area contributed by atoms with Crippen molar-refractivity contribution in [1.82, 2.24) is 0 Å². The Bertz CT molecular complexity index is 314. The van der Waals surface area contributed by atoms with Crippen LogP contribution < -0.4 is 10.1 Å². The molecule has 0 aliphatic heterocycles. The first kappa shape index (κ1) is 12.3. The van der Waals surface area contributed by atoms with E-state index in [9.17, 15) is 0 Å². The summed E-state index contributed by atoms with van der Waals surface area (Å²) in [4.78, 5) is 0. The summed E-state index contributed by atoms with van der Waals surface area (Å²) in [7, 11) is 0. The molecular weight excluding hydrogens is 210 g/mol. The SMILES string of the molecule is CCCCNc1ccc(OC2CCCC2)cc1. The lowest BCUT2D eigenvalue weighted by Gasteiger charge is -2.13. The van der Waals surface area contributed by atoms with E-state index in [0.717, 1.165) is 12.3 Å². The summed E-state index contributed by atoms with van der Waals surface area (Å²) < 4.78 is 5.93. The molecule has 2 nitrogen and oxygen atoms in total. The van der Waals surface area contributed by atoms with Crippen LogP contribution in [0.2, 0.25) is 0 Å². The van der Waals surface area contributed by atoms with Crippen molar-refractivity contribution in [1.29, 1.82) is 0 Å². The van der Waals surface area contributed by atoms with Crippen molar-refractivity contribution in [2.45, 2.75) is 51.6 Å². The van der Waals surface area contributed by atoms with Gasteiger partial charge in [-0.3, -0.25) is 0 Å². The van der Waals surface area contributed by atoms with Gasteiger partial charge in [-0.1, -0.05) is 13.3 Å². The van der Waals surface area contributed by atoms with Gasteiger partial charge in [0.15, 0.2) is 0 Å². The number of rotatable bonds is 6. The minimum atomic E-state index is 0.453. The topological polar surface area (TPSA) is 21.3 Å². The molecule has 1 aromatic carbocycles. The third kappa shape index (κ3) is 3.95. The van der Waals surface area contributed by atoms with Crippen LogP contribution in [-0.4, -0.2) is 12.6 Å². The first-order valence-corrected chi connectivity index (χ1v) is 6.89. The Morgan fingerprint density at radius 2 is 1.88 bits per heavy atom. The van der Waals surface area contributed by atoms with Crippen LogP contribution in [0.25, 0.3) is 0 Å². The normalized spacial score (nSPS) is 16.1. The average Bonchev–Trinajstić information content (AvgIpc) is 2.85. The van der Waals surface area contributed by atoms with E-state index in [2.05, 4.69) is 36.5 Å². The molecule has 1 aromatic rings. The quantitative estimate of drug-likeness (QED) is 0.743. The first-order valence-electron chi connectivity index (χ1n) is 6.89. The van der Waals surface area contributed by atoms with Gasteiger partial charge in [-0.15, -0.1) is 0 Å². The molecule has 1 aliphatic rings. The molecule has 1 aliphatic carbocycles. The van der Waals surface area contributed by atoms with Gasteiger partial charge in [0, 0.05) is 12.2 Å². The van der Waals surface area contributed by atoms with E-state index in [1.807, 2.05) is 0 Å². The molecule has 0 radical (unpaired) electrons. The molecule has 1 N–H and O–H groups in total. The van der Waals surface area contributed by atoms with Crippen LogP contribution in [0.15, 0.2) is 24.3 Å². The molecule has 1 fully saturated rings. The minimum absolute atomic E-state index is 0.453. The molecule has 0 bridgehead atoms. The van der Waals surface area contributed by atoms with E-state index in [4.69, 9.17) is 4.74 Å². The molecule has 2 heteroatoms. The third-order valence-electron chi connectivity index (χ3n) is 3.32. The number of unbranched alkanes of at least 4 members (excludes halogenated alkanes) is 1. The van der Waals surface area contributed by atoms with Gasteiger partial charge < -0.3 is 10.1 Å². The minimum Gasteiger partial charge on any atom is -0.490 e. The van der Waals surface area contributed by atoms with Gasteiger partial charge in [0.05, 0.1) is 6.10 Å². The summed E-state index contributed by atoms with van der Waals surface area (Å²) in [6, 6.07) is 8.37. The highest BCUT2D eigenvalue weighted by Crippen LogP contribution is 2.24. The van der Waals surface area contributed by atoms with Gasteiger partial charge >= 0.3 is 0 Å². The van der Waals surface area contributed by atoms with Crippen molar-refractivity contribution in [3.63, 3.8) is 0 Å². The summed E-state index contributed by atoms with van der Waals surface area (Å²) in [6.45, 7) is 3.26. The Balaban J connectivity index is 1.80. The number of hydrogen-bond donors (Lipinski definition) is 1. The first-order chi connectivity index (χ1) is 8.38. The van der Waals surface area contributed by atoms with E-state index < -0.39 is 0 Å². The van der Waals surface area contributed by atoms with Crippen LogP contribution in [-0.2, 0) is 0 Å². The second kappa shape index (κ2) is 6.53. The van der Waals surface area contributed by atoms with Gasteiger partial charge in [-0.2, -0.15) is 0 Å². The highest BCUT2D eigenvalue weighted by molar-refractivity contribution is 5.46. The van der Waals surface area contributed by atoms with Crippen LogP contribution in [0.1, 0.15) is 45.4 Å². The van der Waals surface area contributed by atoms with Crippen molar-refractivity contribution in [3.8, 4) is 5.75 Å². The van der Waals surface area contributed by atoms with Gasteiger partial charge in [0.1, 0.15) is 5.75 Å². The fourth-order valence-corrected chi connectivity index (χ4v) is 2.26. The summed E-state index contributed by atoms with van der Waals surface area (Å²) >= 11 is 0.